The van der Waals surface area contributed by atoms with Gasteiger partial charge in [0.1, 0.15) is 5.69 Å². The summed E-state index contributed by atoms with van der Waals surface area (Å²) in [6.07, 6.45) is 0.430. The molecule has 1 heterocycles. The van der Waals surface area contributed by atoms with Crippen LogP contribution < -0.4 is 4.90 Å². The summed E-state index contributed by atoms with van der Waals surface area (Å²) in [5.74, 6) is -1.43. The monoisotopic (exact) mass is 279 g/mol. The van der Waals surface area contributed by atoms with E-state index in [4.69, 9.17) is 5.26 Å². The number of carbonyl (C=O) groups is 1. The summed E-state index contributed by atoms with van der Waals surface area (Å²) in [4.78, 5) is 14.8. The first-order valence-corrected chi connectivity index (χ1v) is 6.48. The minimum absolute atomic E-state index is 0.0384. The lowest BCUT2D eigenvalue weighted by atomic mass is 10.1. The fourth-order valence-electron chi connectivity index (χ4n) is 2.34. The Hall–Kier alpha value is -2.16. The van der Waals surface area contributed by atoms with Crippen LogP contribution >= 0.6 is 0 Å². The van der Waals surface area contributed by atoms with E-state index in [9.17, 15) is 13.6 Å². The minimum Gasteiger partial charge on any atom is -0.363 e. The highest BCUT2D eigenvalue weighted by Crippen LogP contribution is 2.26. The highest BCUT2D eigenvalue weighted by Gasteiger charge is 2.24. The number of hydrogen-bond acceptors (Lipinski definition) is 3. The predicted octanol–water partition coefficient (Wildman–Crippen LogP) is 1.90. The van der Waals surface area contributed by atoms with E-state index in [1.54, 1.807) is 22.8 Å². The van der Waals surface area contributed by atoms with Crippen LogP contribution in [0.5, 0.6) is 0 Å². The zero-order chi connectivity index (χ0) is 14.7. The van der Waals surface area contributed by atoms with Crippen LogP contribution in [-0.2, 0) is 4.79 Å². The van der Waals surface area contributed by atoms with Crippen molar-refractivity contribution in [2.75, 3.05) is 31.1 Å². The van der Waals surface area contributed by atoms with Gasteiger partial charge >= 0.3 is 0 Å². The van der Waals surface area contributed by atoms with Gasteiger partial charge in [0.2, 0.25) is 5.91 Å². The standard InChI is InChI=1S/C14H15F2N3O/c1-2-13(20)18-3-5-19(6-4-18)14-11(15)7-10(9-17)8-12(14)16/h7-8H,2-6H2,1H3. The van der Waals surface area contributed by atoms with Crippen molar-refractivity contribution in [1.29, 1.82) is 5.26 Å². The van der Waals surface area contributed by atoms with Gasteiger partial charge in [0.15, 0.2) is 11.6 Å². The summed E-state index contributed by atoms with van der Waals surface area (Å²) < 4.78 is 27.8. The number of nitriles is 1. The van der Waals surface area contributed by atoms with Crippen molar-refractivity contribution in [3.63, 3.8) is 0 Å². The third-order valence-electron chi connectivity index (χ3n) is 3.40. The van der Waals surface area contributed by atoms with Crippen molar-refractivity contribution in [2.24, 2.45) is 0 Å². The Bertz CT molecular complexity index is 537. The zero-order valence-corrected chi connectivity index (χ0v) is 11.2. The lowest BCUT2D eigenvalue weighted by Gasteiger charge is -2.36. The third kappa shape index (κ3) is 2.72. The van der Waals surface area contributed by atoms with Gasteiger partial charge in [-0.2, -0.15) is 5.26 Å². The van der Waals surface area contributed by atoms with Gasteiger partial charge in [-0.05, 0) is 12.1 Å². The molecule has 0 atom stereocenters. The Morgan fingerprint density at radius 1 is 1.25 bits per heavy atom. The Kier molecular flexibility index (Phi) is 4.18. The molecule has 20 heavy (non-hydrogen) atoms. The van der Waals surface area contributed by atoms with Crippen LogP contribution in [0.15, 0.2) is 12.1 Å². The third-order valence-corrected chi connectivity index (χ3v) is 3.40. The SMILES string of the molecule is CCC(=O)N1CCN(c2c(F)cc(C#N)cc2F)CC1. The first-order chi connectivity index (χ1) is 9.56. The van der Waals surface area contributed by atoms with Gasteiger partial charge in [0, 0.05) is 32.6 Å². The average molecular weight is 279 g/mol. The zero-order valence-electron chi connectivity index (χ0n) is 11.2. The first kappa shape index (κ1) is 14.3. The fraction of sp³-hybridized carbons (Fsp3) is 0.429. The Balaban J connectivity index is 2.15. The van der Waals surface area contributed by atoms with Crippen LogP contribution in [0.2, 0.25) is 0 Å². The van der Waals surface area contributed by atoms with Crippen LogP contribution in [0.1, 0.15) is 18.9 Å². The molecule has 2 rings (SSSR count). The largest absolute Gasteiger partial charge is 0.363 e. The maximum absolute atomic E-state index is 13.9. The molecular formula is C14H15F2N3O. The van der Waals surface area contributed by atoms with Gasteiger partial charge < -0.3 is 9.80 Å². The molecule has 1 saturated heterocycles. The van der Waals surface area contributed by atoms with Crippen molar-refractivity contribution < 1.29 is 13.6 Å². The number of hydrogen-bond donors (Lipinski definition) is 0. The fourth-order valence-corrected chi connectivity index (χ4v) is 2.34. The Labute approximate surface area is 116 Å². The first-order valence-electron chi connectivity index (χ1n) is 6.48. The molecule has 1 aromatic carbocycles. The van der Waals surface area contributed by atoms with Crippen molar-refractivity contribution in [1.82, 2.24) is 4.90 Å². The van der Waals surface area contributed by atoms with E-state index in [2.05, 4.69) is 0 Å². The normalized spacial score (nSPS) is 15.1. The van der Waals surface area contributed by atoms with Gasteiger partial charge in [-0.1, -0.05) is 6.92 Å². The molecule has 1 aliphatic rings. The molecule has 0 aliphatic carbocycles. The molecule has 0 unspecified atom stereocenters. The summed E-state index contributed by atoms with van der Waals surface area (Å²) in [6, 6.07) is 3.78. The van der Waals surface area contributed by atoms with E-state index in [0.29, 0.717) is 32.6 Å². The second kappa shape index (κ2) is 5.87. The molecule has 106 valence electrons. The van der Waals surface area contributed by atoms with Gasteiger partial charge in [-0.3, -0.25) is 4.79 Å². The highest BCUT2D eigenvalue weighted by molar-refractivity contribution is 5.76. The molecule has 1 aliphatic heterocycles. The maximum Gasteiger partial charge on any atom is 0.222 e. The van der Waals surface area contributed by atoms with E-state index in [1.807, 2.05) is 0 Å². The van der Waals surface area contributed by atoms with Crippen LogP contribution in [-0.4, -0.2) is 37.0 Å². The summed E-state index contributed by atoms with van der Waals surface area (Å²) in [5.41, 5.74) is -0.156. The van der Waals surface area contributed by atoms with E-state index in [1.165, 1.54) is 0 Å². The molecular weight excluding hydrogens is 264 g/mol. The molecule has 0 saturated carbocycles. The minimum atomic E-state index is -0.739. The van der Waals surface area contributed by atoms with Crippen molar-refractivity contribution in [3.8, 4) is 6.07 Å². The number of benzene rings is 1. The van der Waals surface area contributed by atoms with Gasteiger partial charge in [-0.25, -0.2) is 8.78 Å². The van der Waals surface area contributed by atoms with Crippen molar-refractivity contribution >= 4 is 11.6 Å². The maximum atomic E-state index is 13.9. The van der Waals surface area contributed by atoms with Crippen LogP contribution in [0.4, 0.5) is 14.5 Å². The lowest BCUT2D eigenvalue weighted by molar-refractivity contribution is -0.131. The Morgan fingerprint density at radius 3 is 2.25 bits per heavy atom. The van der Waals surface area contributed by atoms with Gasteiger partial charge in [0.05, 0.1) is 11.6 Å². The molecule has 0 spiro atoms. The number of halogens is 2. The average Bonchev–Trinajstić information content (AvgIpc) is 2.46. The quantitative estimate of drug-likeness (QED) is 0.830. The summed E-state index contributed by atoms with van der Waals surface area (Å²) in [7, 11) is 0. The lowest BCUT2D eigenvalue weighted by Crippen LogP contribution is -2.49. The molecule has 0 N–H and O–H groups in total. The molecule has 1 amide bonds. The molecule has 4 nitrogen and oxygen atoms in total. The molecule has 1 aromatic rings. The number of amides is 1. The number of nitrogens with zero attached hydrogens (tertiary/aromatic N) is 3. The summed E-state index contributed by atoms with van der Waals surface area (Å²) >= 11 is 0. The van der Waals surface area contributed by atoms with Crippen molar-refractivity contribution in [3.05, 3.63) is 29.3 Å². The highest BCUT2D eigenvalue weighted by atomic mass is 19.1. The van der Waals surface area contributed by atoms with Crippen LogP contribution in [0, 0.1) is 23.0 Å². The second-order valence-electron chi connectivity index (χ2n) is 4.62. The van der Waals surface area contributed by atoms with E-state index >= 15 is 0 Å². The molecule has 0 aromatic heterocycles. The second-order valence-corrected chi connectivity index (χ2v) is 4.62. The summed E-state index contributed by atoms with van der Waals surface area (Å²) in [5, 5.41) is 8.67. The number of anilines is 1. The summed E-state index contributed by atoms with van der Waals surface area (Å²) in [6.45, 7) is 3.45. The molecule has 0 radical (unpaired) electrons. The predicted molar refractivity (Wildman–Crippen MR) is 70.2 cm³/mol. The number of rotatable bonds is 2. The van der Waals surface area contributed by atoms with E-state index in [0.717, 1.165) is 12.1 Å². The van der Waals surface area contributed by atoms with E-state index < -0.39 is 11.6 Å². The molecule has 6 heteroatoms. The van der Waals surface area contributed by atoms with Gasteiger partial charge in [-0.15, -0.1) is 0 Å². The Morgan fingerprint density at radius 2 is 1.80 bits per heavy atom. The molecule has 0 bridgehead atoms. The topological polar surface area (TPSA) is 47.3 Å². The van der Waals surface area contributed by atoms with Gasteiger partial charge in [0.25, 0.3) is 0 Å². The van der Waals surface area contributed by atoms with E-state index in [-0.39, 0.29) is 17.2 Å². The van der Waals surface area contributed by atoms with Crippen molar-refractivity contribution in [2.45, 2.75) is 13.3 Å². The van der Waals surface area contributed by atoms with Crippen LogP contribution in [0.25, 0.3) is 0 Å². The number of carbonyl (C=O) groups excluding carboxylic acids is 1. The molecule has 1 fully saturated rings. The van der Waals surface area contributed by atoms with Crippen LogP contribution in [0.3, 0.4) is 0 Å². The number of piperazine rings is 1. The smallest absolute Gasteiger partial charge is 0.222 e.